The lowest BCUT2D eigenvalue weighted by atomic mass is 9.96. The summed E-state index contributed by atoms with van der Waals surface area (Å²) in [6.07, 6.45) is 7.53. The van der Waals surface area contributed by atoms with Crippen molar-refractivity contribution in [2.24, 2.45) is 5.92 Å². The number of nitrogens with zero attached hydrogens (tertiary/aromatic N) is 1. The fourth-order valence-electron chi connectivity index (χ4n) is 4.20. The summed E-state index contributed by atoms with van der Waals surface area (Å²) in [5, 5.41) is 8.76. The molecule has 3 amide bonds. The first-order valence-corrected chi connectivity index (χ1v) is 11.0. The number of rotatable bonds is 8. The zero-order chi connectivity index (χ0) is 21.3. The fourth-order valence-corrected chi connectivity index (χ4v) is 4.20. The van der Waals surface area contributed by atoms with Gasteiger partial charge in [0.15, 0.2) is 11.6 Å². The van der Waals surface area contributed by atoms with E-state index in [1.165, 1.54) is 25.3 Å². The van der Waals surface area contributed by atoms with Crippen molar-refractivity contribution in [3.63, 3.8) is 0 Å². The predicted molar refractivity (Wildman–Crippen MR) is 112 cm³/mol. The van der Waals surface area contributed by atoms with E-state index < -0.39 is 11.6 Å². The summed E-state index contributed by atoms with van der Waals surface area (Å²) in [5.41, 5.74) is 0.667. The molecule has 30 heavy (non-hydrogen) atoms. The van der Waals surface area contributed by atoms with E-state index in [0.717, 1.165) is 31.9 Å². The van der Waals surface area contributed by atoms with Gasteiger partial charge in [0.1, 0.15) is 0 Å². The summed E-state index contributed by atoms with van der Waals surface area (Å²) in [6.45, 7) is 2.49. The Labute approximate surface area is 176 Å². The van der Waals surface area contributed by atoms with Crippen LogP contribution in [0.1, 0.15) is 51.4 Å². The molecule has 3 N–H and O–H groups in total. The maximum atomic E-state index is 13.4. The van der Waals surface area contributed by atoms with Crippen molar-refractivity contribution in [2.75, 3.05) is 31.1 Å². The molecule has 2 fully saturated rings. The fraction of sp³-hybridized carbons (Fsp3) is 0.636. The quantitative estimate of drug-likeness (QED) is 0.563. The highest BCUT2D eigenvalue weighted by Crippen LogP contribution is 2.25. The summed E-state index contributed by atoms with van der Waals surface area (Å²) in [4.78, 5) is 25.9. The van der Waals surface area contributed by atoms with E-state index in [2.05, 4.69) is 16.0 Å². The molecule has 6 nitrogen and oxygen atoms in total. The van der Waals surface area contributed by atoms with Crippen LogP contribution in [0.2, 0.25) is 0 Å². The van der Waals surface area contributed by atoms with Gasteiger partial charge in [-0.15, -0.1) is 0 Å². The van der Waals surface area contributed by atoms with E-state index in [4.69, 9.17) is 0 Å². The molecule has 0 spiro atoms. The van der Waals surface area contributed by atoms with Crippen LogP contribution in [0.4, 0.5) is 19.3 Å². The molecule has 1 saturated carbocycles. The van der Waals surface area contributed by atoms with Crippen LogP contribution in [-0.2, 0) is 4.79 Å². The van der Waals surface area contributed by atoms with Crippen LogP contribution < -0.4 is 20.9 Å². The number of hydrogen-bond donors (Lipinski definition) is 3. The van der Waals surface area contributed by atoms with Gasteiger partial charge in [0, 0.05) is 50.4 Å². The monoisotopic (exact) mass is 422 g/mol. The van der Waals surface area contributed by atoms with Crippen LogP contribution in [0.25, 0.3) is 0 Å². The van der Waals surface area contributed by atoms with Crippen LogP contribution in [0.15, 0.2) is 18.2 Å². The topological polar surface area (TPSA) is 73.5 Å². The van der Waals surface area contributed by atoms with Crippen LogP contribution in [0, 0.1) is 17.6 Å². The second-order valence-electron chi connectivity index (χ2n) is 8.34. The Kier molecular flexibility index (Phi) is 8.28. The zero-order valence-electron chi connectivity index (χ0n) is 17.4. The standard InChI is InChI=1S/C22H32F2N4O2/c23-19-9-8-18(13-20(19)24)28-12-10-16(15-28)14-26-21(29)7-4-11-25-22(30)27-17-5-2-1-3-6-17/h8-9,13,16-17H,1-7,10-12,14-15H2,(H,26,29)(H2,25,27,30). The summed E-state index contributed by atoms with van der Waals surface area (Å²) < 4.78 is 26.5. The van der Waals surface area contributed by atoms with E-state index in [0.29, 0.717) is 38.2 Å². The van der Waals surface area contributed by atoms with E-state index in [9.17, 15) is 18.4 Å². The molecule has 3 rings (SSSR count). The molecule has 1 saturated heterocycles. The number of carbonyl (C=O) groups excluding carboxylic acids is 2. The smallest absolute Gasteiger partial charge is 0.315 e. The molecule has 8 heteroatoms. The first-order chi connectivity index (χ1) is 14.5. The molecule has 1 atom stereocenters. The van der Waals surface area contributed by atoms with Gasteiger partial charge < -0.3 is 20.9 Å². The van der Waals surface area contributed by atoms with Crippen LogP contribution in [0.5, 0.6) is 0 Å². The molecule has 0 aromatic heterocycles. The molecule has 1 aliphatic heterocycles. The first-order valence-electron chi connectivity index (χ1n) is 11.0. The van der Waals surface area contributed by atoms with Gasteiger partial charge in [-0.25, -0.2) is 13.6 Å². The number of halogens is 2. The molecule has 0 bridgehead atoms. The number of hydrogen-bond acceptors (Lipinski definition) is 3. The maximum Gasteiger partial charge on any atom is 0.315 e. The average molecular weight is 423 g/mol. The average Bonchev–Trinajstić information content (AvgIpc) is 3.21. The predicted octanol–water partition coefficient (Wildman–Crippen LogP) is 3.32. The molecule has 0 radical (unpaired) electrons. The van der Waals surface area contributed by atoms with Crippen molar-refractivity contribution in [1.29, 1.82) is 0 Å². The van der Waals surface area contributed by atoms with Crippen molar-refractivity contribution in [2.45, 2.75) is 57.4 Å². The van der Waals surface area contributed by atoms with Gasteiger partial charge in [-0.1, -0.05) is 19.3 Å². The van der Waals surface area contributed by atoms with E-state index in [-0.39, 0.29) is 23.9 Å². The van der Waals surface area contributed by atoms with Crippen LogP contribution >= 0.6 is 0 Å². The van der Waals surface area contributed by atoms with Crippen molar-refractivity contribution < 1.29 is 18.4 Å². The van der Waals surface area contributed by atoms with Gasteiger partial charge in [0.05, 0.1) is 0 Å². The van der Waals surface area contributed by atoms with Crippen molar-refractivity contribution in [3.8, 4) is 0 Å². The van der Waals surface area contributed by atoms with Crippen molar-refractivity contribution >= 4 is 17.6 Å². The Morgan fingerprint density at radius 1 is 1.03 bits per heavy atom. The summed E-state index contributed by atoms with van der Waals surface area (Å²) in [5.74, 6) is -1.44. The Hall–Kier alpha value is -2.38. The molecule has 1 aromatic rings. The van der Waals surface area contributed by atoms with E-state index in [1.54, 1.807) is 6.07 Å². The second-order valence-corrected chi connectivity index (χ2v) is 8.34. The first kappa shape index (κ1) is 22.3. The van der Waals surface area contributed by atoms with E-state index in [1.807, 2.05) is 4.90 Å². The summed E-state index contributed by atoms with van der Waals surface area (Å²) in [7, 11) is 0. The van der Waals surface area contributed by atoms with Gasteiger partial charge >= 0.3 is 6.03 Å². The van der Waals surface area contributed by atoms with E-state index >= 15 is 0 Å². The third-order valence-electron chi connectivity index (χ3n) is 5.95. The largest absolute Gasteiger partial charge is 0.371 e. The Bertz CT molecular complexity index is 725. The Balaban J connectivity index is 1.26. The minimum Gasteiger partial charge on any atom is -0.371 e. The summed E-state index contributed by atoms with van der Waals surface area (Å²) in [6, 6.07) is 4.07. The minimum atomic E-state index is -0.845. The van der Waals surface area contributed by atoms with Gasteiger partial charge in [0.2, 0.25) is 5.91 Å². The summed E-state index contributed by atoms with van der Waals surface area (Å²) >= 11 is 0. The highest BCUT2D eigenvalue weighted by molar-refractivity contribution is 5.76. The second kappa shape index (κ2) is 11.1. The maximum absolute atomic E-state index is 13.4. The number of amides is 3. The van der Waals surface area contributed by atoms with Crippen LogP contribution in [0.3, 0.4) is 0 Å². The molecular formula is C22H32F2N4O2. The van der Waals surface area contributed by atoms with Crippen LogP contribution in [-0.4, -0.2) is 44.2 Å². The lowest BCUT2D eigenvalue weighted by Gasteiger charge is -2.22. The highest BCUT2D eigenvalue weighted by atomic mass is 19.2. The molecule has 1 unspecified atom stereocenters. The molecule has 1 aliphatic carbocycles. The minimum absolute atomic E-state index is 0.0317. The lowest BCUT2D eigenvalue weighted by molar-refractivity contribution is -0.121. The van der Waals surface area contributed by atoms with Crippen molar-refractivity contribution in [3.05, 3.63) is 29.8 Å². The van der Waals surface area contributed by atoms with Gasteiger partial charge in [-0.2, -0.15) is 0 Å². The normalized spacial score (nSPS) is 19.5. The number of anilines is 1. The Morgan fingerprint density at radius 2 is 1.83 bits per heavy atom. The van der Waals surface area contributed by atoms with Gasteiger partial charge in [-0.3, -0.25) is 4.79 Å². The Morgan fingerprint density at radius 3 is 2.60 bits per heavy atom. The third-order valence-corrected chi connectivity index (χ3v) is 5.95. The third kappa shape index (κ3) is 6.85. The molecule has 1 aromatic carbocycles. The number of carbonyl (C=O) groups is 2. The van der Waals surface area contributed by atoms with Gasteiger partial charge in [-0.05, 0) is 43.7 Å². The molecular weight excluding hydrogens is 390 g/mol. The zero-order valence-corrected chi connectivity index (χ0v) is 17.4. The highest BCUT2D eigenvalue weighted by Gasteiger charge is 2.23. The van der Waals surface area contributed by atoms with Gasteiger partial charge in [0.25, 0.3) is 0 Å². The number of urea groups is 1. The molecule has 1 heterocycles. The number of nitrogens with one attached hydrogen (secondary N) is 3. The number of benzene rings is 1. The molecule has 166 valence electrons. The SMILES string of the molecule is O=C(CCCNC(=O)NC1CCCCC1)NCC1CCN(c2ccc(F)c(F)c2)C1. The molecule has 2 aliphatic rings. The van der Waals surface area contributed by atoms with Crippen molar-refractivity contribution in [1.82, 2.24) is 16.0 Å². The lowest BCUT2D eigenvalue weighted by Crippen LogP contribution is -2.43.